The SMILES string of the molecule is CC(C)(C)c1ccnc(NC(=O)N[C@@H](CO)C(C)(C)C)n1. The van der Waals surface area contributed by atoms with Gasteiger partial charge in [0.25, 0.3) is 0 Å². The Morgan fingerprint density at radius 1 is 1.29 bits per heavy atom. The molecule has 6 nitrogen and oxygen atoms in total. The molecule has 0 aliphatic heterocycles. The lowest BCUT2D eigenvalue weighted by Gasteiger charge is -2.29. The van der Waals surface area contributed by atoms with E-state index >= 15 is 0 Å². The van der Waals surface area contributed by atoms with Crippen LogP contribution in [0.3, 0.4) is 0 Å². The Kier molecular flexibility index (Phi) is 5.28. The van der Waals surface area contributed by atoms with Crippen LogP contribution in [0.5, 0.6) is 0 Å². The van der Waals surface area contributed by atoms with Gasteiger partial charge in [0.15, 0.2) is 0 Å². The van der Waals surface area contributed by atoms with Crippen molar-refractivity contribution in [1.29, 1.82) is 0 Å². The molecule has 0 radical (unpaired) electrons. The van der Waals surface area contributed by atoms with Crippen LogP contribution < -0.4 is 10.6 Å². The van der Waals surface area contributed by atoms with Crippen LogP contribution in [-0.2, 0) is 5.41 Å². The number of nitrogens with zero attached hydrogens (tertiary/aromatic N) is 2. The number of nitrogens with one attached hydrogen (secondary N) is 2. The average Bonchev–Trinajstić information content (AvgIpc) is 2.33. The van der Waals surface area contributed by atoms with Crippen molar-refractivity contribution in [1.82, 2.24) is 15.3 Å². The minimum Gasteiger partial charge on any atom is -0.394 e. The summed E-state index contributed by atoms with van der Waals surface area (Å²) in [5, 5.41) is 14.7. The van der Waals surface area contributed by atoms with Gasteiger partial charge in [0.1, 0.15) is 0 Å². The van der Waals surface area contributed by atoms with Crippen molar-refractivity contribution in [2.75, 3.05) is 11.9 Å². The molecule has 6 heteroatoms. The van der Waals surface area contributed by atoms with E-state index in [1.807, 2.05) is 47.6 Å². The summed E-state index contributed by atoms with van der Waals surface area (Å²) in [6, 6.07) is 1.06. The monoisotopic (exact) mass is 294 g/mol. The largest absolute Gasteiger partial charge is 0.394 e. The number of aliphatic hydroxyl groups excluding tert-OH is 1. The minimum atomic E-state index is -0.421. The van der Waals surface area contributed by atoms with E-state index < -0.39 is 6.03 Å². The van der Waals surface area contributed by atoms with Gasteiger partial charge in [0.2, 0.25) is 5.95 Å². The summed E-state index contributed by atoms with van der Waals surface area (Å²) in [5.74, 6) is 0.255. The number of aliphatic hydroxyl groups is 1. The topological polar surface area (TPSA) is 87.1 Å². The van der Waals surface area contributed by atoms with Crippen LogP contribution in [0.2, 0.25) is 0 Å². The zero-order valence-electron chi connectivity index (χ0n) is 13.7. The molecule has 1 rings (SSSR count). The maximum Gasteiger partial charge on any atom is 0.321 e. The van der Waals surface area contributed by atoms with Crippen LogP contribution in [0.15, 0.2) is 12.3 Å². The van der Waals surface area contributed by atoms with Crippen LogP contribution in [0.1, 0.15) is 47.2 Å². The second kappa shape index (κ2) is 6.39. The summed E-state index contributed by atoms with van der Waals surface area (Å²) in [6.45, 7) is 11.8. The third-order valence-electron chi connectivity index (χ3n) is 3.18. The molecule has 0 saturated heterocycles. The smallest absolute Gasteiger partial charge is 0.321 e. The lowest BCUT2D eigenvalue weighted by Crippen LogP contribution is -2.47. The molecule has 0 aliphatic rings. The van der Waals surface area contributed by atoms with Crippen LogP contribution in [0.4, 0.5) is 10.7 Å². The number of urea groups is 1. The van der Waals surface area contributed by atoms with Gasteiger partial charge in [-0.2, -0.15) is 0 Å². The highest BCUT2D eigenvalue weighted by Gasteiger charge is 2.25. The molecule has 0 saturated carbocycles. The molecular formula is C15H26N4O2. The first kappa shape index (κ1) is 17.4. The molecule has 0 spiro atoms. The molecule has 0 unspecified atom stereocenters. The number of anilines is 1. The number of rotatable bonds is 3. The van der Waals surface area contributed by atoms with Crippen molar-refractivity contribution < 1.29 is 9.90 Å². The Hall–Kier alpha value is -1.69. The summed E-state index contributed by atoms with van der Waals surface area (Å²) in [6.07, 6.45) is 1.62. The molecule has 1 heterocycles. The molecule has 1 aromatic rings. The molecule has 118 valence electrons. The van der Waals surface area contributed by atoms with Gasteiger partial charge in [-0.25, -0.2) is 14.8 Å². The Bertz CT molecular complexity index is 489. The van der Waals surface area contributed by atoms with Gasteiger partial charge in [0.05, 0.1) is 18.3 Å². The maximum absolute atomic E-state index is 12.0. The van der Waals surface area contributed by atoms with Gasteiger partial charge in [-0.1, -0.05) is 41.5 Å². The first-order valence-electron chi connectivity index (χ1n) is 7.06. The second-order valence-electron chi connectivity index (χ2n) is 7.22. The van der Waals surface area contributed by atoms with Crippen molar-refractivity contribution in [3.8, 4) is 0 Å². The highest BCUT2D eigenvalue weighted by Crippen LogP contribution is 2.20. The summed E-state index contributed by atoms with van der Waals surface area (Å²) in [7, 11) is 0. The van der Waals surface area contributed by atoms with Gasteiger partial charge in [-0.3, -0.25) is 5.32 Å². The molecule has 0 aromatic carbocycles. The third kappa shape index (κ3) is 5.30. The molecule has 21 heavy (non-hydrogen) atoms. The van der Waals surface area contributed by atoms with Crippen molar-refractivity contribution >= 4 is 12.0 Å². The summed E-state index contributed by atoms with van der Waals surface area (Å²) in [5.41, 5.74) is 0.497. The predicted molar refractivity (Wildman–Crippen MR) is 83.2 cm³/mol. The van der Waals surface area contributed by atoms with E-state index in [1.54, 1.807) is 6.20 Å². The van der Waals surface area contributed by atoms with Crippen molar-refractivity contribution in [3.63, 3.8) is 0 Å². The fourth-order valence-corrected chi connectivity index (χ4v) is 1.67. The Balaban J connectivity index is 2.76. The highest BCUT2D eigenvalue weighted by atomic mass is 16.3. The fourth-order valence-electron chi connectivity index (χ4n) is 1.67. The Morgan fingerprint density at radius 2 is 1.90 bits per heavy atom. The van der Waals surface area contributed by atoms with Gasteiger partial charge in [-0.15, -0.1) is 0 Å². The van der Waals surface area contributed by atoms with E-state index in [1.165, 1.54) is 0 Å². The van der Waals surface area contributed by atoms with Crippen LogP contribution in [0.25, 0.3) is 0 Å². The minimum absolute atomic E-state index is 0.116. The number of carbonyl (C=O) groups is 1. The van der Waals surface area contributed by atoms with Crippen LogP contribution in [0, 0.1) is 5.41 Å². The molecule has 0 bridgehead atoms. The van der Waals surface area contributed by atoms with Gasteiger partial charge in [-0.05, 0) is 11.5 Å². The van der Waals surface area contributed by atoms with Gasteiger partial charge >= 0.3 is 6.03 Å². The summed E-state index contributed by atoms with van der Waals surface area (Å²) in [4.78, 5) is 20.4. The summed E-state index contributed by atoms with van der Waals surface area (Å²) >= 11 is 0. The van der Waals surface area contributed by atoms with Crippen LogP contribution in [-0.4, -0.2) is 33.8 Å². The Labute approximate surface area is 126 Å². The number of hydrogen-bond acceptors (Lipinski definition) is 4. The van der Waals surface area contributed by atoms with E-state index in [9.17, 15) is 9.90 Å². The number of carbonyl (C=O) groups excluding carboxylic acids is 1. The normalized spacial score (nSPS) is 13.7. The van der Waals surface area contributed by atoms with E-state index in [0.29, 0.717) is 0 Å². The van der Waals surface area contributed by atoms with Crippen molar-refractivity contribution in [3.05, 3.63) is 18.0 Å². The zero-order chi connectivity index (χ0) is 16.3. The van der Waals surface area contributed by atoms with E-state index in [-0.39, 0.29) is 29.4 Å². The molecule has 2 amide bonds. The quantitative estimate of drug-likeness (QED) is 0.798. The molecular weight excluding hydrogens is 268 g/mol. The van der Waals surface area contributed by atoms with Crippen molar-refractivity contribution in [2.45, 2.75) is 53.0 Å². The molecule has 3 N–H and O–H groups in total. The van der Waals surface area contributed by atoms with Gasteiger partial charge < -0.3 is 10.4 Å². The lowest BCUT2D eigenvalue weighted by molar-refractivity contribution is 0.162. The molecule has 1 aromatic heterocycles. The van der Waals surface area contributed by atoms with E-state index in [2.05, 4.69) is 20.6 Å². The molecule has 1 atom stereocenters. The first-order valence-corrected chi connectivity index (χ1v) is 7.06. The maximum atomic E-state index is 12.0. The number of hydrogen-bond donors (Lipinski definition) is 3. The molecule has 0 fully saturated rings. The summed E-state index contributed by atoms with van der Waals surface area (Å²) < 4.78 is 0. The Morgan fingerprint density at radius 3 is 2.38 bits per heavy atom. The van der Waals surface area contributed by atoms with Crippen LogP contribution >= 0.6 is 0 Å². The average molecular weight is 294 g/mol. The zero-order valence-corrected chi connectivity index (χ0v) is 13.7. The molecule has 0 aliphatic carbocycles. The number of amides is 2. The van der Waals surface area contributed by atoms with Gasteiger partial charge in [0, 0.05) is 11.6 Å². The lowest BCUT2D eigenvalue weighted by atomic mass is 9.87. The third-order valence-corrected chi connectivity index (χ3v) is 3.18. The second-order valence-corrected chi connectivity index (χ2v) is 7.22. The standard InChI is InChI=1S/C15H26N4O2/c1-14(2,3)10-7-8-16-12(17-10)19-13(21)18-11(9-20)15(4,5)6/h7-8,11,20H,9H2,1-6H3,(H2,16,17,18,19,21)/t11-/m0/s1. The number of aromatic nitrogens is 2. The fraction of sp³-hybridized carbons (Fsp3) is 0.667. The van der Waals surface area contributed by atoms with E-state index in [4.69, 9.17) is 0 Å². The predicted octanol–water partition coefficient (Wildman–Crippen LogP) is 2.30. The first-order chi connectivity index (χ1) is 9.54. The van der Waals surface area contributed by atoms with Crippen molar-refractivity contribution in [2.24, 2.45) is 5.41 Å². The highest BCUT2D eigenvalue weighted by molar-refractivity contribution is 5.87. The van der Waals surface area contributed by atoms with E-state index in [0.717, 1.165) is 5.69 Å².